The topological polar surface area (TPSA) is 43.4 Å². The van der Waals surface area contributed by atoms with Crippen molar-refractivity contribution < 1.29 is 12.6 Å². The van der Waals surface area contributed by atoms with E-state index < -0.39 is 10.1 Å². The molecule has 0 fully saturated rings. The van der Waals surface area contributed by atoms with Crippen molar-refractivity contribution in [2.24, 2.45) is 0 Å². The van der Waals surface area contributed by atoms with Crippen LogP contribution in [-0.4, -0.2) is 8.42 Å². The van der Waals surface area contributed by atoms with Gasteiger partial charge in [-0.3, -0.25) is 0 Å². The first kappa shape index (κ1) is 15.1. The zero-order chi connectivity index (χ0) is 14.9. The summed E-state index contributed by atoms with van der Waals surface area (Å²) < 4.78 is 30.6. The molecule has 0 aromatic heterocycles. The Balaban J connectivity index is 2.38. The number of aryl methyl sites for hydroxylation is 3. The highest BCUT2D eigenvalue weighted by molar-refractivity contribution is 9.10. The molecule has 5 heteroatoms. The lowest BCUT2D eigenvalue weighted by molar-refractivity contribution is 0.484. The largest absolute Gasteiger partial charge is 0.379 e. The summed E-state index contributed by atoms with van der Waals surface area (Å²) in [5, 5.41) is 0. The number of halogens is 1. The molecule has 0 heterocycles. The maximum Gasteiger partial charge on any atom is 0.339 e. The van der Waals surface area contributed by atoms with Crippen LogP contribution in [0, 0.1) is 20.8 Å². The zero-order valence-electron chi connectivity index (χ0n) is 11.5. The minimum absolute atomic E-state index is 0.156. The summed E-state index contributed by atoms with van der Waals surface area (Å²) >= 11 is 3.41. The molecule has 0 amide bonds. The van der Waals surface area contributed by atoms with E-state index in [9.17, 15) is 8.42 Å². The number of benzene rings is 2. The molecule has 2 aromatic rings. The zero-order valence-corrected chi connectivity index (χ0v) is 13.9. The van der Waals surface area contributed by atoms with Crippen LogP contribution in [-0.2, 0) is 10.1 Å². The first-order valence-corrected chi connectivity index (χ1v) is 8.27. The van der Waals surface area contributed by atoms with E-state index in [1.165, 1.54) is 0 Å². The molecule has 0 bridgehead atoms. The summed E-state index contributed by atoms with van der Waals surface area (Å²) in [7, 11) is -3.80. The molecular formula is C15H15BrO3S. The fourth-order valence-corrected chi connectivity index (χ4v) is 3.15. The molecule has 3 nitrogen and oxygen atoms in total. The van der Waals surface area contributed by atoms with Crippen molar-refractivity contribution in [2.75, 3.05) is 0 Å². The lowest BCUT2D eigenvalue weighted by atomic mass is 10.1. The van der Waals surface area contributed by atoms with Gasteiger partial charge in [-0.05, 0) is 56.2 Å². The maximum absolute atomic E-state index is 12.2. The summed E-state index contributed by atoms with van der Waals surface area (Å²) in [6, 6.07) is 10.1. The van der Waals surface area contributed by atoms with Crippen LogP contribution in [0.1, 0.15) is 16.7 Å². The van der Waals surface area contributed by atoms with E-state index in [1.807, 2.05) is 26.8 Å². The Bertz CT molecular complexity index is 734. The van der Waals surface area contributed by atoms with Gasteiger partial charge >= 0.3 is 10.1 Å². The summed E-state index contributed by atoms with van der Waals surface area (Å²) in [5.74, 6) is 0.353. The first-order chi connectivity index (χ1) is 9.29. The average Bonchev–Trinajstić information content (AvgIpc) is 2.36. The van der Waals surface area contributed by atoms with E-state index in [2.05, 4.69) is 15.9 Å². The fourth-order valence-electron chi connectivity index (χ4n) is 1.72. The monoisotopic (exact) mass is 354 g/mol. The molecule has 0 unspecified atom stereocenters. The smallest absolute Gasteiger partial charge is 0.339 e. The molecule has 0 saturated carbocycles. The minimum atomic E-state index is -3.80. The quantitative estimate of drug-likeness (QED) is 0.777. The van der Waals surface area contributed by atoms with E-state index in [4.69, 9.17) is 4.18 Å². The molecule has 0 aliphatic heterocycles. The van der Waals surface area contributed by atoms with Crippen LogP contribution in [0.5, 0.6) is 5.75 Å². The van der Waals surface area contributed by atoms with Crippen LogP contribution in [0.4, 0.5) is 0 Å². The lowest BCUT2D eigenvalue weighted by Gasteiger charge is -2.11. The maximum atomic E-state index is 12.2. The SMILES string of the molecule is Cc1ccc(S(=O)(=O)Oc2cc(C)c(Br)cc2C)cc1. The van der Waals surface area contributed by atoms with Gasteiger partial charge in [-0.2, -0.15) is 8.42 Å². The van der Waals surface area contributed by atoms with E-state index >= 15 is 0 Å². The van der Waals surface area contributed by atoms with Crippen LogP contribution in [0.3, 0.4) is 0 Å². The average molecular weight is 355 g/mol. The minimum Gasteiger partial charge on any atom is -0.379 e. The van der Waals surface area contributed by atoms with Crippen LogP contribution in [0.25, 0.3) is 0 Å². The van der Waals surface area contributed by atoms with Crippen molar-refractivity contribution >= 4 is 26.0 Å². The second-order valence-electron chi connectivity index (χ2n) is 4.72. The van der Waals surface area contributed by atoms with Crippen molar-refractivity contribution in [3.63, 3.8) is 0 Å². The van der Waals surface area contributed by atoms with E-state index in [1.54, 1.807) is 30.3 Å². The molecule has 0 aliphatic rings. The van der Waals surface area contributed by atoms with Crippen LogP contribution >= 0.6 is 15.9 Å². The van der Waals surface area contributed by atoms with Gasteiger partial charge in [-0.1, -0.05) is 33.6 Å². The highest BCUT2D eigenvalue weighted by Gasteiger charge is 2.18. The highest BCUT2D eigenvalue weighted by atomic mass is 79.9. The standard InChI is InChI=1S/C15H15BrO3S/c1-10-4-6-13(7-5-10)20(17,18)19-15-9-11(2)14(16)8-12(15)3/h4-9H,1-3H3. The Hall–Kier alpha value is -1.33. The summed E-state index contributed by atoms with van der Waals surface area (Å²) in [5.41, 5.74) is 2.68. The molecule has 0 spiro atoms. The third-order valence-electron chi connectivity index (χ3n) is 2.97. The van der Waals surface area contributed by atoms with Gasteiger partial charge in [0.2, 0.25) is 0 Å². The second-order valence-corrected chi connectivity index (χ2v) is 7.12. The van der Waals surface area contributed by atoms with E-state index in [0.717, 1.165) is 21.2 Å². The first-order valence-electron chi connectivity index (χ1n) is 6.07. The molecule has 0 aliphatic carbocycles. The summed E-state index contributed by atoms with van der Waals surface area (Å²) in [6.45, 7) is 5.60. The molecule has 0 N–H and O–H groups in total. The Morgan fingerprint density at radius 3 is 2.15 bits per heavy atom. The number of hydrogen-bond donors (Lipinski definition) is 0. The molecule has 2 rings (SSSR count). The van der Waals surface area contributed by atoms with Crippen LogP contribution in [0.2, 0.25) is 0 Å². The van der Waals surface area contributed by atoms with Gasteiger partial charge in [0.25, 0.3) is 0 Å². The van der Waals surface area contributed by atoms with Crippen molar-refractivity contribution in [1.29, 1.82) is 0 Å². The number of hydrogen-bond acceptors (Lipinski definition) is 3. The van der Waals surface area contributed by atoms with Crippen molar-refractivity contribution in [2.45, 2.75) is 25.7 Å². The summed E-state index contributed by atoms with van der Waals surface area (Å²) in [6.07, 6.45) is 0. The molecular weight excluding hydrogens is 340 g/mol. The predicted octanol–water partition coefficient (Wildman–Crippen LogP) is 4.14. The molecule has 0 saturated heterocycles. The molecule has 20 heavy (non-hydrogen) atoms. The summed E-state index contributed by atoms with van der Waals surface area (Å²) in [4.78, 5) is 0.156. The van der Waals surface area contributed by atoms with Gasteiger partial charge < -0.3 is 4.18 Å². The molecule has 0 atom stereocenters. The predicted molar refractivity (Wildman–Crippen MR) is 82.6 cm³/mol. The van der Waals surface area contributed by atoms with Crippen molar-refractivity contribution in [3.8, 4) is 5.75 Å². The molecule has 2 aromatic carbocycles. The van der Waals surface area contributed by atoms with E-state index in [-0.39, 0.29) is 4.90 Å². The lowest BCUT2D eigenvalue weighted by Crippen LogP contribution is -2.10. The van der Waals surface area contributed by atoms with E-state index in [0.29, 0.717) is 5.75 Å². The Labute approximate surface area is 127 Å². The van der Waals surface area contributed by atoms with Gasteiger partial charge in [0, 0.05) is 4.47 Å². The molecule has 106 valence electrons. The third kappa shape index (κ3) is 3.22. The Morgan fingerprint density at radius 1 is 0.950 bits per heavy atom. The van der Waals surface area contributed by atoms with Gasteiger partial charge in [0.05, 0.1) is 0 Å². The normalized spacial score (nSPS) is 11.4. The van der Waals surface area contributed by atoms with Gasteiger partial charge in [-0.15, -0.1) is 0 Å². The number of rotatable bonds is 3. The van der Waals surface area contributed by atoms with Crippen molar-refractivity contribution in [1.82, 2.24) is 0 Å². The van der Waals surface area contributed by atoms with Gasteiger partial charge in [0.1, 0.15) is 10.6 Å². The van der Waals surface area contributed by atoms with Crippen LogP contribution in [0.15, 0.2) is 45.8 Å². The van der Waals surface area contributed by atoms with Gasteiger partial charge in [0.15, 0.2) is 0 Å². The van der Waals surface area contributed by atoms with Crippen LogP contribution < -0.4 is 4.18 Å². The molecule has 0 radical (unpaired) electrons. The second kappa shape index (κ2) is 5.58. The Morgan fingerprint density at radius 2 is 1.55 bits per heavy atom. The fraction of sp³-hybridized carbons (Fsp3) is 0.200. The third-order valence-corrected chi connectivity index (χ3v) is 5.07. The van der Waals surface area contributed by atoms with Crippen molar-refractivity contribution in [3.05, 3.63) is 57.6 Å². The van der Waals surface area contributed by atoms with Gasteiger partial charge in [-0.25, -0.2) is 0 Å². The Kier molecular flexibility index (Phi) is 4.20. The highest BCUT2D eigenvalue weighted by Crippen LogP contribution is 2.28.